The summed E-state index contributed by atoms with van der Waals surface area (Å²) in [4.78, 5) is 31.8. The number of nitrogens with zero attached hydrogens (tertiary/aromatic N) is 3. The summed E-state index contributed by atoms with van der Waals surface area (Å²) in [6, 6.07) is 7.19. The highest BCUT2D eigenvalue weighted by Gasteiger charge is 2.34. The molecule has 1 saturated heterocycles. The average molecular weight is 492 g/mol. The molecule has 1 aromatic carbocycles. The molecule has 2 N–H and O–H groups in total. The number of carbonyl (C=O) groups is 2. The number of pyridine rings is 1. The maximum Gasteiger partial charge on any atom is 0.407 e. The van der Waals surface area contributed by atoms with Crippen molar-refractivity contribution in [2.75, 3.05) is 20.2 Å². The van der Waals surface area contributed by atoms with Crippen molar-refractivity contribution in [3.63, 3.8) is 0 Å². The number of aromatic nitrogens is 3. The number of ether oxygens (including phenoxy) is 3. The molecule has 188 valence electrons. The number of allylic oxidation sites excluding steroid dienone is 1. The number of rotatable bonds is 5. The number of alkyl carbamates (subject to hydrolysis) is 1. The Hall–Kier alpha value is -3.92. The number of H-pyrrole nitrogens is 1. The SMILES string of the molecule is COc1ccc2c(c1CN1CCC(NC(=O)OC(C)(C)C)C1)O/C(=C\c1n[nH]c3ncccc13)C2=O. The van der Waals surface area contributed by atoms with Crippen LogP contribution in [0.25, 0.3) is 17.1 Å². The monoisotopic (exact) mass is 491 g/mol. The van der Waals surface area contributed by atoms with Gasteiger partial charge in [0.05, 0.1) is 23.9 Å². The third-order valence-electron chi connectivity index (χ3n) is 6.13. The zero-order valence-corrected chi connectivity index (χ0v) is 20.8. The first-order valence-electron chi connectivity index (χ1n) is 11.9. The number of hydrogen-bond donors (Lipinski definition) is 2. The second-order valence-corrected chi connectivity index (χ2v) is 9.94. The normalized spacial score (nSPS) is 18.9. The van der Waals surface area contributed by atoms with Gasteiger partial charge in [-0.15, -0.1) is 0 Å². The number of carbonyl (C=O) groups excluding carboxylic acids is 2. The van der Waals surface area contributed by atoms with Gasteiger partial charge in [0.25, 0.3) is 0 Å². The van der Waals surface area contributed by atoms with Gasteiger partial charge in [-0.1, -0.05) is 0 Å². The number of aromatic amines is 1. The maximum absolute atomic E-state index is 13.2. The lowest BCUT2D eigenvalue weighted by Gasteiger charge is -2.22. The van der Waals surface area contributed by atoms with Gasteiger partial charge in [0.2, 0.25) is 5.78 Å². The van der Waals surface area contributed by atoms with E-state index >= 15 is 0 Å². The Kier molecular flexibility index (Phi) is 6.13. The Morgan fingerprint density at radius 1 is 1.33 bits per heavy atom. The van der Waals surface area contributed by atoms with Crippen molar-refractivity contribution in [2.45, 2.75) is 45.4 Å². The smallest absolute Gasteiger partial charge is 0.407 e. The van der Waals surface area contributed by atoms with Crippen molar-refractivity contribution in [3.05, 3.63) is 53.0 Å². The average Bonchev–Trinajstić information content (AvgIpc) is 3.52. The van der Waals surface area contributed by atoms with E-state index in [0.717, 1.165) is 23.9 Å². The number of nitrogens with one attached hydrogen (secondary N) is 2. The Morgan fingerprint density at radius 3 is 2.94 bits per heavy atom. The molecule has 2 aromatic heterocycles. The Morgan fingerprint density at radius 2 is 2.17 bits per heavy atom. The van der Waals surface area contributed by atoms with E-state index in [4.69, 9.17) is 14.2 Å². The standard InChI is InChI=1S/C26H29N5O5/c1-26(2,3)36-25(33)28-15-9-11-31(13-15)14-18-20(34-4)8-7-17-22(32)21(35-23(17)18)12-19-16-6-5-10-27-24(16)30-29-19/h5-8,10,12,15H,9,11,13-14H2,1-4H3,(H,28,33)(H,27,29,30)/b21-12-. The van der Waals surface area contributed by atoms with Crippen LogP contribution in [0.3, 0.4) is 0 Å². The Balaban J connectivity index is 1.35. The maximum atomic E-state index is 13.2. The minimum Gasteiger partial charge on any atom is -0.496 e. The van der Waals surface area contributed by atoms with Crippen LogP contribution in [0.15, 0.2) is 36.2 Å². The van der Waals surface area contributed by atoms with E-state index in [0.29, 0.717) is 41.5 Å². The molecule has 36 heavy (non-hydrogen) atoms. The summed E-state index contributed by atoms with van der Waals surface area (Å²) in [5, 5.41) is 10.9. The molecular formula is C26H29N5O5. The number of Topliss-reactive ketones (excluding diaryl/α,β-unsaturated/α-hetero) is 1. The molecule has 1 amide bonds. The molecule has 1 unspecified atom stereocenters. The van der Waals surface area contributed by atoms with Crippen molar-refractivity contribution >= 4 is 29.0 Å². The van der Waals surface area contributed by atoms with E-state index in [2.05, 4.69) is 25.4 Å². The second-order valence-electron chi connectivity index (χ2n) is 9.94. The predicted octanol–water partition coefficient (Wildman–Crippen LogP) is 3.68. The van der Waals surface area contributed by atoms with E-state index in [9.17, 15) is 9.59 Å². The van der Waals surface area contributed by atoms with Crippen LogP contribution in [0.2, 0.25) is 0 Å². The van der Waals surface area contributed by atoms with Crippen LogP contribution in [-0.2, 0) is 11.3 Å². The third-order valence-corrected chi connectivity index (χ3v) is 6.13. The summed E-state index contributed by atoms with van der Waals surface area (Å²) in [5.41, 5.74) is 1.95. The molecule has 10 heteroatoms. The van der Waals surface area contributed by atoms with Gasteiger partial charge in [-0.25, -0.2) is 9.78 Å². The molecule has 0 aliphatic carbocycles. The highest BCUT2D eigenvalue weighted by Crippen LogP contribution is 2.41. The molecule has 0 saturated carbocycles. The number of fused-ring (bicyclic) bond motifs is 2. The lowest BCUT2D eigenvalue weighted by Crippen LogP contribution is -2.40. The number of amides is 1. The topological polar surface area (TPSA) is 119 Å². The minimum atomic E-state index is -0.547. The first kappa shape index (κ1) is 23.8. The van der Waals surface area contributed by atoms with E-state index in [1.165, 1.54) is 0 Å². The van der Waals surface area contributed by atoms with Crippen molar-refractivity contribution in [3.8, 4) is 11.5 Å². The fourth-order valence-corrected chi connectivity index (χ4v) is 4.53. The van der Waals surface area contributed by atoms with Crippen molar-refractivity contribution in [1.82, 2.24) is 25.4 Å². The molecule has 10 nitrogen and oxygen atoms in total. The molecule has 0 radical (unpaired) electrons. The molecule has 4 heterocycles. The number of benzene rings is 1. The first-order chi connectivity index (χ1) is 17.2. The van der Waals surface area contributed by atoms with Crippen LogP contribution in [0.1, 0.15) is 48.8 Å². The Bertz CT molecular complexity index is 1360. The molecule has 1 fully saturated rings. The van der Waals surface area contributed by atoms with E-state index in [1.54, 1.807) is 31.5 Å². The number of methoxy groups -OCH3 is 1. The van der Waals surface area contributed by atoms with Crippen LogP contribution in [0.5, 0.6) is 11.5 Å². The largest absolute Gasteiger partial charge is 0.496 e. The van der Waals surface area contributed by atoms with Crippen LogP contribution >= 0.6 is 0 Å². The highest BCUT2D eigenvalue weighted by atomic mass is 16.6. The van der Waals surface area contributed by atoms with Crippen LogP contribution in [-0.4, -0.2) is 63.8 Å². The zero-order valence-electron chi connectivity index (χ0n) is 20.8. The van der Waals surface area contributed by atoms with E-state index in [1.807, 2.05) is 32.9 Å². The Labute approximate surface area is 208 Å². The number of ketones is 1. The third kappa shape index (κ3) is 4.76. The van der Waals surface area contributed by atoms with Gasteiger partial charge in [-0.05, 0) is 51.5 Å². The van der Waals surface area contributed by atoms with Gasteiger partial charge in [-0.3, -0.25) is 14.8 Å². The quantitative estimate of drug-likeness (QED) is 0.519. The van der Waals surface area contributed by atoms with Gasteiger partial charge in [0.15, 0.2) is 11.4 Å². The molecule has 2 aliphatic heterocycles. The lowest BCUT2D eigenvalue weighted by molar-refractivity contribution is 0.0505. The summed E-state index contributed by atoms with van der Waals surface area (Å²) in [7, 11) is 1.60. The zero-order chi connectivity index (χ0) is 25.4. The summed E-state index contributed by atoms with van der Waals surface area (Å²) in [5.74, 6) is 1.12. The fraction of sp³-hybridized carbons (Fsp3) is 0.385. The molecule has 0 bridgehead atoms. The van der Waals surface area contributed by atoms with Crippen LogP contribution in [0.4, 0.5) is 4.79 Å². The molecule has 3 aromatic rings. The van der Waals surface area contributed by atoms with Crippen molar-refractivity contribution in [1.29, 1.82) is 0 Å². The molecular weight excluding hydrogens is 462 g/mol. The van der Waals surface area contributed by atoms with Crippen molar-refractivity contribution < 1.29 is 23.8 Å². The van der Waals surface area contributed by atoms with Gasteiger partial charge in [0, 0.05) is 43.3 Å². The summed E-state index contributed by atoms with van der Waals surface area (Å²) >= 11 is 0. The van der Waals surface area contributed by atoms with Crippen molar-refractivity contribution in [2.24, 2.45) is 0 Å². The molecule has 5 rings (SSSR count). The van der Waals surface area contributed by atoms with Gasteiger partial charge in [0.1, 0.15) is 17.1 Å². The van der Waals surface area contributed by atoms with Crippen LogP contribution < -0.4 is 14.8 Å². The molecule has 0 spiro atoms. The summed E-state index contributed by atoms with van der Waals surface area (Å²) < 4.78 is 17.1. The van der Waals surface area contributed by atoms with Gasteiger partial charge >= 0.3 is 6.09 Å². The van der Waals surface area contributed by atoms with E-state index in [-0.39, 0.29) is 17.6 Å². The van der Waals surface area contributed by atoms with E-state index < -0.39 is 11.7 Å². The molecule has 2 aliphatic rings. The number of hydrogen-bond acceptors (Lipinski definition) is 8. The number of likely N-dealkylation sites (tertiary alicyclic amines) is 1. The fourth-order valence-electron chi connectivity index (χ4n) is 4.53. The molecule has 1 atom stereocenters. The highest BCUT2D eigenvalue weighted by molar-refractivity contribution is 6.15. The minimum absolute atomic E-state index is 0.0258. The second kappa shape index (κ2) is 9.27. The predicted molar refractivity (Wildman–Crippen MR) is 133 cm³/mol. The first-order valence-corrected chi connectivity index (χ1v) is 11.9. The lowest BCUT2D eigenvalue weighted by atomic mass is 10.0. The van der Waals surface area contributed by atoms with Crippen LogP contribution in [0, 0.1) is 0 Å². The summed E-state index contributed by atoms with van der Waals surface area (Å²) in [6.07, 6.45) is 3.68. The van der Waals surface area contributed by atoms with Gasteiger partial charge in [-0.2, -0.15) is 5.10 Å². The summed E-state index contributed by atoms with van der Waals surface area (Å²) in [6.45, 7) is 7.45. The van der Waals surface area contributed by atoms with Gasteiger partial charge < -0.3 is 19.5 Å².